The highest BCUT2D eigenvalue weighted by atomic mass is 35.5. The summed E-state index contributed by atoms with van der Waals surface area (Å²) in [5, 5.41) is 7.72. The van der Waals surface area contributed by atoms with Crippen molar-refractivity contribution in [2.75, 3.05) is 26.7 Å². The normalized spacial score (nSPS) is 18.6. The number of nitrogens with one attached hydrogen (secondary N) is 1. The zero-order valence-corrected chi connectivity index (χ0v) is 15.7. The number of esters is 1. The fourth-order valence-electron chi connectivity index (χ4n) is 2.87. The van der Waals surface area contributed by atoms with E-state index in [9.17, 15) is 13.2 Å². The van der Waals surface area contributed by atoms with Crippen molar-refractivity contribution in [2.24, 2.45) is 0 Å². The standard InChI is InChI=1S/C16H19ClN4O4S/c1-25-16(22)11-20-10-14(8-19-20)26(23,24)21-6-5-18-9-15(21)12-3-2-4-13(17)7-12/h2-4,7-8,10,15,18H,5-6,9,11H2,1H3. The third-order valence-corrected chi connectivity index (χ3v) is 6.26. The summed E-state index contributed by atoms with van der Waals surface area (Å²) >= 11 is 6.06. The lowest BCUT2D eigenvalue weighted by atomic mass is 10.1. The second-order valence-corrected chi connectivity index (χ2v) is 8.17. The molecule has 1 fully saturated rings. The molecule has 10 heteroatoms. The Morgan fingerprint density at radius 3 is 3.00 bits per heavy atom. The summed E-state index contributed by atoms with van der Waals surface area (Å²) in [7, 11) is -2.52. The summed E-state index contributed by atoms with van der Waals surface area (Å²) in [5.74, 6) is -0.504. The maximum absolute atomic E-state index is 13.1. The van der Waals surface area contributed by atoms with Gasteiger partial charge in [-0.15, -0.1) is 0 Å². The molecule has 0 aliphatic carbocycles. The molecule has 0 amide bonds. The third-order valence-electron chi connectivity index (χ3n) is 4.16. The van der Waals surface area contributed by atoms with Gasteiger partial charge in [-0.25, -0.2) is 8.42 Å². The SMILES string of the molecule is COC(=O)Cn1cc(S(=O)(=O)N2CCNCC2c2cccc(Cl)c2)cn1. The molecule has 1 saturated heterocycles. The quantitative estimate of drug-likeness (QED) is 0.756. The van der Waals surface area contributed by atoms with Crippen LogP contribution in [0.4, 0.5) is 0 Å². The summed E-state index contributed by atoms with van der Waals surface area (Å²) in [4.78, 5) is 11.4. The molecule has 1 atom stereocenters. The average Bonchev–Trinajstić information content (AvgIpc) is 3.11. The highest BCUT2D eigenvalue weighted by Crippen LogP contribution is 2.30. The van der Waals surface area contributed by atoms with Crippen molar-refractivity contribution in [2.45, 2.75) is 17.5 Å². The Bertz CT molecular complexity index is 899. The van der Waals surface area contributed by atoms with E-state index in [2.05, 4.69) is 15.2 Å². The van der Waals surface area contributed by atoms with E-state index in [1.54, 1.807) is 18.2 Å². The van der Waals surface area contributed by atoms with Crippen molar-refractivity contribution >= 4 is 27.6 Å². The molecule has 1 aromatic carbocycles. The zero-order valence-electron chi connectivity index (χ0n) is 14.1. The van der Waals surface area contributed by atoms with Gasteiger partial charge in [-0.2, -0.15) is 9.40 Å². The maximum atomic E-state index is 13.1. The lowest BCUT2D eigenvalue weighted by molar-refractivity contribution is -0.141. The van der Waals surface area contributed by atoms with Gasteiger partial charge < -0.3 is 10.1 Å². The zero-order chi connectivity index (χ0) is 18.7. The Kier molecular flexibility index (Phi) is 5.61. The molecule has 8 nitrogen and oxygen atoms in total. The first-order valence-electron chi connectivity index (χ1n) is 7.99. The Hall–Kier alpha value is -1.94. The van der Waals surface area contributed by atoms with E-state index in [-0.39, 0.29) is 17.5 Å². The number of sulfonamides is 1. The van der Waals surface area contributed by atoms with Crippen LogP contribution < -0.4 is 5.32 Å². The van der Waals surface area contributed by atoms with Crippen LogP contribution in [0, 0.1) is 0 Å². The summed E-state index contributed by atoms with van der Waals surface area (Å²) in [6.07, 6.45) is 2.58. The molecule has 26 heavy (non-hydrogen) atoms. The van der Waals surface area contributed by atoms with Crippen LogP contribution in [0.5, 0.6) is 0 Å². The largest absolute Gasteiger partial charge is 0.468 e. The van der Waals surface area contributed by atoms with Crippen molar-refractivity contribution in [3.05, 3.63) is 47.2 Å². The summed E-state index contributed by atoms with van der Waals surface area (Å²) < 4.78 is 33.5. The molecule has 1 aliphatic rings. The number of aromatic nitrogens is 2. The number of halogens is 1. The Labute approximate surface area is 156 Å². The van der Waals surface area contributed by atoms with E-state index in [1.165, 1.54) is 28.5 Å². The van der Waals surface area contributed by atoms with Crippen LogP contribution in [-0.4, -0.2) is 55.2 Å². The van der Waals surface area contributed by atoms with Gasteiger partial charge in [0.1, 0.15) is 11.4 Å². The van der Waals surface area contributed by atoms with Crippen LogP contribution in [0.25, 0.3) is 0 Å². The Morgan fingerprint density at radius 2 is 2.27 bits per heavy atom. The van der Waals surface area contributed by atoms with Crippen LogP contribution in [-0.2, 0) is 26.1 Å². The van der Waals surface area contributed by atoms with Gasteiger partial charge in [0.15, 0.2) is 0 Å². The predicted molar refractivity (Wildman–Crippen MR) is 95.2 cm³/mol. The first kappa shape index (κ1) is 18.8. The van der Waals surface area contributed by atoms with E-state index < -0.39 is 16.0 Å². The highest BCUT2D eigenvalue weighted by Gasteiger charge is 2.35. The Morgan fingerprint density at radius 1 is 1.46 bits per heavy atom. The maximum Gasteiger partial charge on any atom is 0.327 e. The van der Waals surface area contributed by atoms with Gasteiger partial charge in [0.25, 0.3) is 0 Å². The van der Waals surface area contributed by atoms with Crippen LogP contribution in [0.3, 0.4) is 0 Å². The molecule has 1 aromatic heterocycles. The third kappa shape index (κ3) is 3.90. The second kappa shape index (κ2) is 7.75. The fourth-order valence-corrected chi connectivity index (χ4v) is 4.64. The lowest BCUT2D eigenvalue weighted by Gasteiger charge is -2.35. The number of rotatable bonds is 5. The molecule has 0 saturated carbocycles. The minimum absolute atomic E-state index is 0.0373. The summed E-state index contributed by atoms with van der Waals surface area (Å²) in [6, 6.07) is 6.79. The van der Waals surface area contributed by atoms with Gasteiger partial charge in [-0.1, -0.05) is 23.7 Å². The molecule has 2 aromatic rings. The molecule has 140 valence electrons. The number of nitrogens with zero attached hydrogens (tertiary/aromatic N) is 3. The first-order valence-corrected chi connectivity index (χ1v) is 9.81. The van der Waals surface area contributed by atoms with Gasteiger partial charge >= 0.3 is 5.97 Å². The monoisotopic (exact) mass is 398 g/mol. The number of methoxy groups -OCH3 is 1. The molecular formula is C16H19ClN4O4S. The van der Waals surface area contributed by atoms with E-state index in [4.69, 9.17) is 11.6 Å². The van der Waals surface area contributed by atoms with Crippen molar-refractivity contribution in [1.29, 1.82) is 0 Å². The number of hydrogen-bond acceptors (Lipinski definition) is 6. The van der Waals surface area contributed by atoms with E-state index in [1.807, 2.05) is 6.07 Å². The average molecular weight is 399 g/mol. The molecule has 0 radical (unpaired) electrons. The molecule has 2 heterocycles. The van der Waals surface area contributed by atoms with Gasteiger partial charge in [0.2, 0.25) is 10.0 Å². The van der Waals surface area contributed by atoms with Crippen LogP contribution in [0.15, 0.2) is 41.6 Å². The number of benzene rings is 1. The van der Waals surface area contributed by atoms with Crippen molar-refractivity contribution in [3.8, 4) is 0 Å². The van der Waals surface area contributed by atoms with E-state index in [0.717, 1.165) is 5.56 Å². The summed E-state index contributed by atoms with van der Waals surface area (Å²) in [5.41, 5.74) is 0.815. The minimum atomic E-state index is -3.78. The van der Waals surface area contributed by atoms with Gasteiger partial charge in [-0.3, -0.25) is 9.48 Å². The van der Waals surface area contributed by atoms with Gasteiger partial charge in [0.05, 0.1) is 19.3 Å². The molecule has 0 spiro atoms. The van der Waals surface area contributed by atoms with Crippen LogP contribution in [0.2, 0.25) is 5.02 Å². The number of hydrogen-bond donors (Lipinski definition) is 1. The molecular weight excluding hydrogens is 380 g/mol. The smallest absolute Gasteiger partial charge is 0.327 e. The molecule has 3 rings (SSSR count). The predicted octanol–water partition coefficient (Wildman–Crippen LogP) is 1.04. The number of piperazine rings is 1. The minimum Gasteiger partial charge on any atom is -0.468 e. The van der Waals surface area contributed by atoms with Crippen molar-refractivity contribution in [3.63, 3.8) is 0 Å². The number of carbonyl (C=O) groups is 1. The summed E-state index contributed by atoms with van der Waals surface area (Å²) in [6.45, 7) is 1.20. The number of carbonyl (C=O) groups excluding carboxylic acids is 1. The van der Waals surface area contributed by atoms with E-state index in [0.29, 0.717) is 24.7 Å². The fraction of sp³-hybridized carbons (Fsp3) is 0.375. The van der Waals surface area contributed by atoms with E-state index >= 15 is 0 Å². The molecule has 1 unspecified atom stereocenters. The first-order chi connectivity index (χ1) is 12.4. The van der Waals surface area contributed by atoms with Crippen molar-refractivity contribution < 1.29 is 17.9 Å². The van der Waals surface area contributed by atoms with Gasteiger partial charge in [0, 0.05) is 30.9 Å². The van der Waals surface area contributed by atoms with Crippen LogP contribution >= 0.6 is 11.6 Å². The lowest BCUT2D eigenvalue weighted by Crippen LogP contribution is -2.48. The highest BCUT2D eigenvalue weighted by molar-refractivity contribution is 7.89. The molecule has 0 bridgehead atoms. The Balaban J connectivity index is 1.90. The second-order valence-electron chi connectivity index (χ2n) is 5.84. The topological polar surface area (TPSA) is 93.5 Å². The molecule has 1 N–H and O–H groups in total. The molecule has 1 aliphatic heterocycles. The van der Waals surface area contributed by atoms with Crippen molar-refractivity contribution in [1.82, 2.24) is 19.4 Å². The van der Waals surface area contributed by atoms with Gasteiger partial charge in [-0.05, 0) is 17.7 Å². The van der Waals surface area contributed by atoms with Crippen LogP contribution in [0.1, 0.15) is 11.6 Å². The number of ether oxygens (including phenoxy) is 1.